The second-order valence-corrected chi connectivity index (χ2v) is 8.14. The molecule has 4 aliphatic carbocycles. The van der Waals surface area contributed by atoms with Gasteiger partial charge in [0.05, 0.1) is 11.8 Å². The van der Waals surface area contributed by atoms with Crippen molar-refractivity contribution in [2.45, 2.75) is 46.0 Å². The monoisotopic (exact) mass is 287 g/mol. The summed E-state index contributed by atoms with van der Waals surface area (Å²) in [5.41, 5.74) is 0.420. The summed E-state index contributed by atoms with van der Waals surface area (Å²) in [5.74, 6) is 2.20. The average molecular weight is 287 g/mol. The van der Waals surface area contributed by atoms with Gasteiger partial charge in [0, 0.05) is 6.54 Å². The van der Waals surface area contributed by atoms with E-state index < -0.39 is 0 Å². The number of carbonyl (C=O) groups is 2. The zero-order chi connectivity index (χ0) is 14.8. The molecule has 0 N–H and O–H groups in total. The first-order valence-corrected chi connectivity index (χ1v) is 8.50. The van der Waals surface area contributed by atoms with E-state index in [9.17, 15) is 9.59 Å². The second-order valence-electron chi connectivity index (χ2n) is 8.14. The van der Waals surface area contributed by atoms with Gasteiger partial charge >= 0.3 is 0 Å². The Kier molecular flexibility index (Phi) is 2.86. The fourth-order valence-electron chi connectivity index (χ4n) is 5.46. The zero-order valence-electron chi connectivity index (χ0n) is 13.0. The lowest BCUT2D eigenvalue weighted by Crippen LogP contribution is -2.55. The van der Waals surface area contributed by atoms with E-state index in [1.54, 1.807) is 4.90 Å². The van der Waals surface area contributed by atoms with Crippen molar-refractivity contribution in [2.24, 2.45) is 35.0 Å². The molecule has 3 nitrogen and oxygen atoms in total. The predicted octanol–water partition coefficient (Wildman–Crippen LogP) is 3.01. The highest BCUT2D eigenvalue weighted by Gasteiger charge is 2.56. The second kappa shape index (κ2) is 4.44. The molecule has 21 heavy (non-hydrogen) atoms. The van der Waals surface area contributed by atoms with Crippen LogP contribution in [0.4, 0.5) is 0 Å². The van der Waals surface area contributed by atoms with Gasteiger partial charge in [0.1, 0.15) is 0 Å². The zero-order valence-corrected chi connectivity index (χ0v) is 13.0. The Balaban J connectivity index is 1.50. The SMILES string of the molecule is CC1(C)[C@@H]2CC[C@H](CN3C(=O)C4CC=CCC4C3=O)[C@H]1C2. The van der Waals surface area contributed by atoms with Crippen LogP contribution in [0, 0.1) is 35.0 Å². The maximum absolute atomic E-state index is 12.6. The quantitative estimate of drug-likeness (QED) is 0.578. The van der Waals surface area contributed by atoms with E-state index in [-0.39, 0.29) is 23.7 Å². The molecule has 3 heteroatoms. The van der Waals surface area contributed by atoms with Crippen LogP contribution in [0.25, 0.3) is 0 Å². The maximum Gasteiger partial charge on any atom is 0.233 e. The molecule has 0 aromatic carbocycles. The topological polar surface area (TPSA) is 37.4 Å². The third-order valence-corrected chi connectivity index (χ3v) is 7.02. The number of hydrogen-bond donors (Lipinski definition) is 0. The van der Waals surface area contributed by atoms with Crippen LogP contribution >= 0.6 is 0 Å². The third kappa shape index (κ3) is 1.79. The minimum absolute atomic E-state index is 0.0618. The van der Waals surface area contributed by atoms with E-state index in [2.05, 4.69) is 26.0 Å². The summed E-state index contributed by atoms with van der Waals surface area (Å²) in [4.78, 5) is 26.8. The molecular formula is C18H25NO2. The number of imide groups is 1. The van der Waals surface area contributed by atoms with Gasteiger partial charge in [-0.15, -0.1) is 0 Å². The van der Waals surface area contributed by atoms with Crippen molar-refractivity contribution >= 4 is 11.8 Å². The van der Waals surface area contributed by atoms with Crippen LogP contribution < -0.4 is 0 Å². The largest absolute Gasteiger partial charge is 0.282 e. The van der Waals surface area contributed by atoms with Crippen molar-refractivity contribution in [3.63, 3.8) is 0 Å². The van der Waals surface area contributed by atoms with Crippen molar-refractivity contribution in [1.29, 1.82) is 0 Å². The number of nitrogens with zero attached hydrogens (tertiary/aromatic N) is 1. The Labute approximate surface area is 126 Å². The molecule has 2 bridgehead atoms. The maximum atomic E-state index is 12.6. The molecule has 0 aromatic heterocycles. The van der Waals surface area contributed by atoms with Gasteiger partial charge in [-0.2, -0.15) is 0 Å². The number of rotatable bonds is 2. The summed E-state index contributed by atoms with van der Waals surface area (Å²) in [5, 5.41) is 0. The van der Waals surface area contributed by atoms with Crippen LogP contribution in [-0.2, 0) is 9.59 Å². The van der Waals surface area contributed by atoms with Gasteiger partial charge in [0.15, 0.2) is 0 Å². The summed E-state index contributed by atoms with van der Waals surface area (Å²) >= 11 is 0. The highest BCUT2D eigenvalue weighted by atomic mass is 16.2. The number of amides is 2. The van der Waals surface area contributed by atoms with E-state index in [0.717, 1.165) is 18.8 Å². The van der Waals surface area contributed by atoms with Crippen molar-refractivity contribution in [2.75, 3.05) is 6.54 Å². The lowest BCUT2D eigenvalue weighted by molar-refractivity contribution is -0.147. The van der Waals surface area contributed by atoms with Crippen molar-refractivity contribution in [3.8, 4) is 0 Å². The Hall–Kier alpha value is -1.12. The van der Waals surface area contributed by atoms with E-state index in [1.165, 1.54) is 19.3 Å². The minimum Gasteiger partial charge on any atom is -0.282 e. The van der Waals surface area contributed by atoms with Crippen LogP contribution in [0.3, 0.4) is 0 Å². The van der Waals surface area contributed by atoms with Gasteiger partial charge in [-0.1, -0.05) is 26.0 Å². The van der Waals surface area contributed by atoms with Gasteiger partial charge in [0.25, 0.3) is 0 Å². The highest BCUT2D eigenvalue weighted by Crippen LogP contribution is 2.61. The fourth-order valence-corrected chi connectivity index (χ4v) is 5.46. The Morgan fingerprint density at radius 3 is 2.24 bits per heavy atom. The van der Waals surface area contributed by atoms with E-state index in [1.807, 2.05) is 0 Å². The minimum atomic E-state index is -0.0618. The van der Waals surface area contributed by atoms with Crippen molar-refractivity contribution < 1.29 is 9.59 Å². The molecule has 2 unspecified atom stereocenters. The van der Waals surface area contributed by atoms with Crippen molar-refractivity contribution in [1.82, 2.24) is 4.90 Å². The highest BCUT2D eigenvalue weighted by molar-refractivity contribution is 6.05. The standard InChI is InChI=1S/C18H25NO2/c1-18(2)12-8-7-11(15(18)9-12)10-19-16(20)13-5-3-4-6-14(13)17(19)21/h3-4,11-15H,5-10H2,1-2H3/t11-,12-,13?,14?,15-/m1/s1. The van der Waals surface area contributed by atoms with Gasteiger partial charge in [-0.3, -0.25) is 14.5 Å². The van der Waals surface area contributed by atoms with E-state index in [0.29, 0.717) is 23.8 Å². The van der Waals surface area contributed by atoms with E-state index in [4.69, 9.17) is 0 Å². The number of hydrogen-bond acceptors (Lipinski definition) is 2. The Morgan fingerprint density at radius 2 is 1.71 bits per heavy atom. The summed E-state index contributed by atoms with van der Waals surface area (Å²) < 4.78 is 0. The molecule has 1 saturated heterocycles. The first-order chi connectivity index (χ1) is 10.00. The summed E-state index contributed by atoms with van der Waals surface area (Å²) in [6, 6.07) is 0. The first-order valence-electron chi connectivity index (χ1n) is 8.50. The van der Waals surface area contributed by atoms with Crippen LogP contribution in [-0.4, -0.2) is 23.3 Å². The van der Waals surface area contributed by atoms with Crippen molar-refractivity contribution in [3.05, 3.63) is 12.2 Å². The van der Waals surface area contributed by atoms with Gasteiger partial charge in [-0.05, 0) is 55.3 Å². The molecule has 5 aliphatic rings. The Bertz CT molecular complexity index is 493. The van der Waals surface area contributed by atoms with Gasteiger partial charge in [-0.25, -0.2) is 0 Å². The molecule has 4 fully saturated rings. The van der Waals surface area contributed by atoms with Crippen LogP contribution in [0.2, 0.25) is 0 Å². The molecule has 0 spiro atoms. The molecule has 0 aromatic rings. The smallest absolute Gasteiger partial charge is 0.233 e. The first kappa shape index (κ1) is 13.5. The fraction of sp³-hybridized carbons (Fsp3) is 0.778. The molecule has 1 heterocycles. The molecule has 5 atom stereocenters. The normalized spacial score (nSPS) is 43.7. The molecular weight excluding hydrogens is 262 g/mol. The van der Waals surface area contributed by atoms with Crippen LogP contribution in [0.5, 0.6) is 0 Å². The van der Waals surface area contributed by atoms with Crippen LogP contribution in [0.1, 0.15) is 46.0 Å². The lowest BCUT2D eigenvalue weighted by atomic mass is 9.45. The molecule has 5 rings (SSSR count). The predicted molar refractivity (Wildman–Crippen MR) is 80.2 cm³/mol. The van der Waals surface area contributed by atoms with Crippen LogP contribution in [0.15, 0.2) is 12.2 Å². The van der Waals surface area contributed by atoms with Gasteiger partial charge in [0.2, 0.25) is 11.8 Å². The summed E-state index contributed by atoms with van der Waals surface area (Å²) in [6.07, 6.45) is 9.43. The third-order valence-electron chi connectivity index (χ3n) is 7.02. The molecule has 114 valence electrons. The number of allylic oxidation sites excluding steroid dienone is 2. The average Bonchev–Trinajstić information content (AvgIpc) is 2.73. The lowest BCUT2D eigenvalue weighted by Gasteiger charge is -2.60. The molecule has 2 amide bonds. The summed E-state index contributed by atoms with van der Waals surface area (Å²) in [6.45, 7) is 5.43. The number of fused-ring (bicyclic) bond motifs is 3. The summed E-state index contributed by atoms with van der Waals surface area (Å²) in [7, 11) is 0. The van der Waals surface area contributed by atoms with Gasteiger partial charge < -0.3 is 0 Å². The number of carbonyl (C=O) groups excluding carboxylic acids is 2. The molecule has 1 aliphatic heterocycles. The van der Waals surface area contributed by atoms with E-state index >= 15 is 0 Å². The number of likely N-dealkylation sites (tertiary alicyclic amines) is 1. The molecule has 0 radical (unpaired) electrons. The molecule has 3 saturated carbocycles. The Morgan fingerprint density at radius 1 is 1.10 bits per heavy atom.